The summed E-state index contributed by atoms with van der Waals surface area (Å²) < 4.78 is 21.8. The second-order valence-electron chi connectivity index (χ2n) is 10.9. The normalized spacial score (nSPS) is 27.7. The smallest absolute Gasteiger partial charge is 0.338 e. The minimum absolute atomic E-state index is 0.0591. The lowest BCUT2D eigenvalue weighted by Crippen LogP contribution is -2.63. The Morgan fingerprint density at radius 1 is 1.27 bits per heavy atom. The maximum absolute atomic E-state index is 16.0. The minimum atomic E-state index is -1.72. The van der Waals surface area contributed by atoms with Gasteiger partial charge in [-0.15, -0.1) is 0 Å². The maximum atomic E-state index is 16.0. The molecule has 11 heteroatoms. The van der Waals surface area contributed by atoms with Crippen LogP contribution in [0.2, 0.25) is 10.0 Å². The first-order valence-corrected chi connectivity index (χ1v) is 14.1. The predicted molar refractivity (Wildman–Crippen MR) is 152 cm³/mol. The van der Waals surface area contributed by atoms with Crippen molar-refractivity contribution in [2.24, 2.45) is 0 Å². The molecule has 8 nitrogen and oxygen atoms in total. The maximum Gasteiger partial charge on any atom is 0.338 e. The van der Waals surface area contributed by atoms with E-state index in [0.29, 0.717) is 39.3 Å². The molecule has 3 aliphatic heterocycles. The van der Waals surface area contributed by atoms with Crippen molar-refractivity contribution in [2.45, 2.75) is 43.8 Å². The van der Waals surface area contributed by atoms with Gasteiger partial charge < -0.3 is 19.9 Å². The number of rotatable bonds is 3. The Morgan fingerprint density at radius 3 is 2.78 bits per heavy atom. The molecule has 5 atom stereocenters. The molecule has 3 aromatic carbocycles. The van der Waals surface area contributed by atoms with Gasteiger partial charge in [0, 0.05) is 28.0 Å². The van der Waals surface area contributed by atoms with E-state index in [0.717, 1.165) is 11.1 Å². The Morgan fingerprint density at radius 2 is 2.05 bits per heavy atom. The number of carbonyl (C=O) groups is 2. The summed E-state index contributed by atoms with van der Waals surface area (Å²) in [6.07, 6.45) is 0.312. The van der Waals surface area contributed by atoms with E-state index in [9.17, 15) is 9.59 Å². The number of hydrogen-bond donors (Lipinski definition) is 1. The molecular weight excluding hydrogens is 570 g/mol. The van der Waals surface area contributed by atoms with Gasteiger partial charge in [-0.05, 0) is 49.7 Å². The molecule has 0 radical (unpaired) electrons. The number of esters is 1. The lowest BCUT2D eigenvalue weighted by Gasteiger charge is -2.53. The van der Waals surface area contributed by atoms with E-state index < -0.39 is 45.9 Å². The standard InChI is InChI=1S/C30H25Cl2FN4O4/c1-4-37(40)23-13-22-17-10-9-16(28(38)41-3)14(2)26(17)35-36(22)27(23)24(18-6-5-7-20(32)25(18)33)30(37)19-11-8-15(31)12-21(19)34-29(30)39/h5-12,23-24,27H,4,13H2,1-3H3,(H,34,39)/t23-,24-,27+,30+,37?/m0/s1. The lowest BCUT2D eigenvalue weighted by atomic mass is 9.73. The van der Waals surface area contributed by atoms with Gasteiger partial charge in [-0.2, -0.15) is 5.10 Å². The SMILES string of the molecule is CC[N+]1([O-])[C@H]2Cc3c4ccc(C(=O)OC)c(C)c4nn3[C@H]2[C@H](c2cccc(Cl)c2F)[C@]12C(=O)Nc1cc(Cl)ccc12. The van der Waals surface area contributed by atoms with Crippen molar-refractivity contribution in [2.75, 3.05) is 19.0 Å². The van der Waals surface area contributed by atoms with E-state index in [1.807, 2.05) is 6.07 Å². The Kier molecular flexibility index (Phi) is 5.64. The minimum Gasteiger partial charge on any atom is -0.632 e. The molecule has 0 aliphatic carbocycles. The predicted octanol–water partition coefficient (Wildman–Crippen LogP) is 6.02. The van der Waals surface area contributed by atoms with Crippen LogP contribution >= 0.6 is 23.2 Å². The topological polar surface area (TPSA) is 96.3 Å². The summed E-state index contributed by atoms with van der Waals surface area (Å²) in [6.45, 7) is 3.61. The van der Waals surface area contributed by atoms with Crippen molar-refractivity contribution in [3.05, 3.63) is 97.5 Å². The molecule has 4 aromatic rings. The molecule has 1 fully saturated rings. The van der Waals surface area contributed by atoms with Gasteiger partial charge >= 0.3 is 5.97 Å². The van der Waals surface area contributed by atoms with E-state index >= 15 is 9.60 Å². The third-order valence-electron chi connectivity index (χ3n) is 9.41. The lowest BCUT2D eigenvalue weighted by molar-refractivity contribution is -0.936. The van der Waals surface area contributed by atoms with Crippen molar-refractivity contribution in [3.8, 4) is 0 Å². The number of hydrogen-bond acceptors (Lipinski definition) is 5. The van der Waals surface area contributed by atoms with Gasteiger partial charge in [-0.25, -0.2) is 9.18 Å². The average molecular weight is 595 g/mol. The van der Waals surface area contributed by atoms with Gasteiger partial charge in [0.2, 0.25) is 5.54 Å². The van der Waals surface area contributed by atoms with Crippen LogP contribution in [0, 0.1) is 17.9 Å². The molecule has 1 unspecified atom stereocenters. The number of likely N-dealkylation sites (N-methyl/N-ethyl adjacent to an activating group) is 1. The van der Waals surface area contributed by atoms with E-state index in [4.69, 9.17) is 33.0 Å². The third kappa shape index (κ3) is 3.09. The highest BCUT2D eigenvalue weighted by Gasteiger charge is 2.76. The van der Waals surface area contributed by atoms with Crippen LogP contribution in [0.4, 0.5) is 10.1 Å². The van der Waals surface area contributed by atoms with Crippen molar-refractivity contribution in [1.29, 1.82) is 0 Å². The van der Waals surface area contributed by atoms with Crippen LogP contribution in [0.1, 0.15) is 51.6 Å². The number of benzene rings is 3. The van der Waals surface area contributed by atoms with E-state index in [2.05, 4.69) is 5.32 Å². The summed E-state index contributed by atoms with van der Waals surface area (Å²) in [6, 6.07) is 11.8. The van der Waals surface area contributed by atoms with Crippen LogP contribution in [0.5, 0.6) is 0 Å². The number of amides is 1. The van der Waals surface area contributed by atoms with Crippen LogP contribution in [0.15, 0.2) is 48.5 Å². The number of carbonyl (C=O) groups excluding carboxylic acids is 2. The number of hydroxylamine groups is 3. The summed E-state index contributed by atoms with van der Waals surface area (Å²) in [5, 5.41) is 24.4. The molecule has 1 saturated heterocycles. The van der Waals surface area contributed by atoms with Gasteiger partial charge in [0.25, 0.3) is 5.91 Å². The van der Waals surface area contributed by atoms with Crippen LogP contribution in [0.25, 0.3) is 10.9 Å². The number of fused-ring (bicyclic) bond motifs is 7. The molecule has 0 bridgehead atoms. The molecule has 7 rings (SSSR count). The fraction of sp³-hybridized carbons (Fsp3) is 0.300. The zero-order chi connectivity index (χ0) is 29.0. The van der Waals surface area contributed by atoms with Gasteiger partial charge in [0.05, 0.1) is 47.1 Å². The zero-order valence-corrected chi connectivity index (χ0v) is 23.9. The number of aryl methyl sites for hydroxylation is 1. The number of quaternary nitrogens is 1. The molecule has 1 aromatic heterocycles. The first-order chi connectivity index (χ1) is 19.6. The number of halogens is 3. The van der Waals surface area contributed by atoms with E-state index in [1.54, 1.807) is 54.9 Å². The van der Waals surface area contributed by atoms with Crippen molar-refractivity contribution >= 4 is 51.7 Å². The molecule has 1 N–H and O–H groups in total. The number of nitrogens with one attached hydrogen (secondary N) is 1. The molecule has 210 valence electrons. The largest absolute Gasteiger partial charge is 0.632 e. The first-order valence-electron chi connectivity index (χ1n) is 13.3. The monoisotopic (exact) mass is 594 g/mol. The Bertz CT molecular complexity index is 1830. The fourth-order valence-corrected chi connectivity index (χ4v) is 8.10. The number of aromatic nitrogens is 2. The molecule has 0 saturated carbocycles. The highest BCUT2D eigenvalue weighted by atomic mass is 35.5. The number of nitrogens with zero attached hydrogens (tertiary/aromatic N) is 3. The van der Waals surface area contributed by atoms with Crippen LogP contribution in [-0.4, -0.2) is 46.0 Å². The molecule has 1 amide bonds. The van der Waals surface area contributed by atoms with Crippen molar-refractivity contribution < 1.29 is 23.4 Å². The zero-order valence-electron chi connectivity index (χ0n) is 22.4. The molecule has 4 heterocycles. The van der Waals surface area contributed by atoms with Gasteiger partial charge in [0.1, 0.15) is 17.9 Å². The van der Waals surface area contributed by atoms with Crippen LogP contribution in [-0.2, 0) is 21.5 Å². The average Bonchev–Trinajstić information content (AvgIpc) is 3.64. The second-order valence-corrected chi connectivity index (χ2v) is 11.8. The van der Waals surface area contributed by atoms with E-state index in [-0.39, 0.29) is 17.1 Å². The van der Waals surface area contributed by atoms with Gasteiger partial charge in [-0.1, -0.05) is 41.4 Å². The summed E-state index contributed by atoms with van der Waals surface area (Å²) in [5.74, 6) is -2.62. The summed E-state index contributed by atoms with van der Waals surface area (Å²) in [7, 11) is 1.32. The number of likely N-dealkylation sites (tertiary alicyclic amines) is 1. The van der Waals surface area contributed by atoms with Crippen molar-refractivity contribution in [3.63, 3.8) is 0 Å². The van der Waals surface area contributed by atoms with Crippen LogP contribution < -0.4 is 5.32 Å². The number of anilines is 1. The Labute approximate surface area is 244 Å². The number of methoxy groups -OCH3 is 1. The third-order valence-corrected chi connectivity index (χ3v) is 9.93. The van der Waals surface area contributed by atoms with Gasteiger partial charge in [-0.3, -0.25) is 9.48 Å². The summed E-state index contributed by atoms with van der Waals surface area (Å²) in [5.41, 5.74) is 1.79. The summed E-state index contributed by atoms with van der Waals surface area (Å²) in [4.78, 5) is 26.6. The quantitative estimate of drug-likeness (QED) is 0.178. The number of ether oxygens (including phenoxy) is 1. The van der Waals surface area contributed by atoms with E-state index in [1.165, 1.54) is 13.2 Å². The fourth-order valence-electron chi connectivity index (χ4n) is 7.75. The Balaban J connectivity index is 1.55. The van der Waals surface area contributed by atoms with Gasteiger partial charge in [0.15, 0.2) is 0 Å². The molecule has 1 spiro atoms. The summed E-state index contributed by atoms with van der Waals surface area (Å²) >= 11 is 12.6. The highest BCUT2D eigenvalue weighted by Crippen LogP contribution is 2.67. The van der Waals surface area contributed by atoms with Crippen molar-refractivity contribution in [1.82, 2.24) is 9.78 Å². The van der Waals surface area contributed by atoms with Crippen LogP contribution in [0.3, 0.4) is 0 Å². The molecular formula is C30H25Cl2FN4O4. The first kappa shape index (κ1) is 26.4. The highest BCUT2D eigenvalue weighted by molar-refractivity contribution is 6.31. The Hall–Kier alpha value is -3.50. The molecule has 41 heavy (non-hydrogen) atoms. The second kappa shape index (κ2) is 8.75. The molecule has 3 aliphatic rings.